The maximum Gasteiger partial charge on any atom is 0.338 e. The van der Waals surface area contributed by atoms with Crippen molar-refractivity contribution in [3.63, 3.8) is 0 Å². The van der Waals surface area contributed by atoms with E-state index in [9.17, 15) is 9.59 Å². The fourth-order valence-electron chi connectivity index (χ4n) is 2.72. The van der Waals surface area contributed by atoms with Crippen LogP contribution in [0.5, 0.6) is 11.5 Å². The average molecular weight is 389 g/mol. The van der Waals surface area contributed by atoms with Crippen LogP contribution in [-0.2, 0) is 9.53 Å². The maximum atomic E-state index is 12.1. The highest BCUT2D eigenvalue weighted by Gasteiger charge is 2.12. The van der Waals surface area contributed by atoms with Gasteiger partial charge in [-0.25, -0.2) is 4.79 Å². The van der Waals surface area contributed by atoms with Crippen molar-refractivity contribution in [1.82, 2.24) is 5.32 Å². The van der Waals surface area contributed by atoms with Crippen molar-refractivity contribution >= 4 is 11.9 Å². The lowest BCUT2D eigenvalue weighted by Crippen LogP contribution is -2.31. The first-order valence-electron chi connectivity index (χ1n) is 9.43. The minimum atomic E-state index is -0.553. The second-order valence-electron chi connectivity index (χ2n) is 6.63. The Bertz CT molecular complexity index is 924. The normalized spacial score (nSPS) is 11.3. The van der Waals surface area contributed by atoms with Crippen LogP contribution in [-0.4, -0.2) is 25.0 Å². The number of carbonyl (C=O) groups is 2. The topological polar surface area (TPSA) is 64.6 Å². The molecule has 0 aliphatic rings. The molecule has 1 atom stereocenters. The summed E-state index contributed by atoms with van der Waals surface area (Å²) < 4.78 is 10.8. The molecule has 3 aromatic rings. The quantitative estimate of drug-likeness (QED) is 0.574. The van der Waals surface area contributed by atoms with Gasteiger partial charge in [0.2, 0.25) is 0 Å². The standard InChI is InChI=1S/C24H23NO4/c1-18(19-8-4-2-5-9-19)16-25-23(26)17-28-24(27)20-12-14-22(15-13-20)29-21-10-6-3-7-11-21/h2-15,18H,16-17H2,1H3,(H,25,26)/t18-/m0/s1. The lowest BCUT2D eigenvalue weighted by atomic mass is 10.0. The van der Waals surface area contributed by atoms with Crippen molar-refractivity contribution in [3.05, 3.63) is 96.1 Å². The summed E-state index contributed by atoms with van der Waals surface area (Å²) >= 11 is 0. The van der Waals surface area contributed by atoms with Gasteiger partial charge < -0.3 is 14.8 Å². The van der Waals surface area contributed by atoms with Gasteiger partial charge >= 0.3 is 5.97 Å². The lowest BCUT2D eigenvalue weighted by molar-refractivity contribution is -0.124. The first kappa shape index (κ1) is 20.1. The summed E-state index contributed by atoms with van der Waals surface area (Å²) in [4.78, 5) is 24.1. The minimum Gasteiger partial charge on any atom is -0.457 e. The number of hydrogen-bond donors (Lipinski definition) is 1. The van der Waals surface area contributed by atoms with E-state index in [1.807, 2.05) is 67.6 Å². The van der Waals surface area contributed by atoms with Crippen LogP contribution in [0.1, 0.15) is 28.8 Å². The Morgan fingerprint density at radius 2 is 1.41 bits per heavy atom. The molecule has 0 saturated carbocycles. The number of carbonyl (C=O) groups excluding carboxylic acids is 2. The van der Waals surface area contributed by atoms with Crippen molar-refractivity contribution in [2.24, 2.45) is 0 Å². The summed E-state index contributed by atoms with van der Waals surface area (Å²) in [6.07, 6.45) is 0. The SMILES string of the molecule is C[C@@H](CNC(=O)COC(=O)c1ccc(Oc2ccccc2)cc1)c1ccccc1. The van der Waals surface area contributed by atoms with Gasteiger partial charge in [0.05, 0.1) is 5.56 Å². The first-order valence-corrected chi connectivity index (χ1v) is 9.43. The van der Waals surface area contributed by atoms with E-state index < -0.39 is 5.97 Å². The summed E-state index contributed by atoms with van der Waals surface area (Å²) in [5.41, 5.74) is 1.50. The molecule has 3 aromatic carbocycles. The van der Waals surface area contributed by atoms with E-state index in [0.29, 0.717) is 23.6 Å². The summed E-state index contributed by atoms with van der Waals surface area (Å²) in [6.45, 7) is 2.19. The van der Waals surface area contributed by atoms with Gasteiger partial charge in [0.25, 0.3) is 5.91 Å². The van der Waals surface area contributed by atoms with E-state index in [4.69, 9.17) is 9.47 Å². The zero-order valence-corrected chi connectivity index (χ0v) is 16.2. The van der Waals surface area contributed by atoms with Crippen molar-refractivity contribution in [2.75, 3.05) is 13.2 Å². The second kappa shape index (κ2) is 10.1. The van der Waals surface area contributed by atoms with E-state index in [1.54, 1.807) is 24.3 Å². The Balaban J connectivity index is 1.43. The number of nitrogens with one attached hydrogen (secondary N) is 1. The molecular weight excluding hydrogens is 366 g/mol. The molecule has 0 aromatic heterocycles. The zero-order valence-electron chi connectivity index (χ0n) is 16.2. The van der Waals surface area contributed by atoms with Gasteiger partial charge in [0.15, 0.2) is 6.61 Å². The van der Waals surface area contributed by atoms with Crippen molar-refractivity contribution in [1.29, 1.82) is 0 Å². The largest absolute Gasteiger partial charge is 0.457 e. The Labute approximate surface area is 170 Å². The Morgan fingerprint density at radius 3 is 2.07 bits per heavy atom. The van der Waals surface area contributed by atoms with Crippen LogP contribution in [0.2, 0.25) is 0 Å². The van der Waals surface area contributed by atoms with Crippen molar-refractivity contribution in [3.8, 4) is 11.5 Å². The van der Waals surface area contributed by atoms with Gasteiger partial charge in [0.1, 0.15) is 11.5 Å². The molecule has 0 fully saturated rings. The maximum absolute atomic E-state index is 12.1. The van der Waals surface area contributed by atoms with Crippen LogP contribution in [0.3, 0.4) is 0 Å². The Kier molecular flexibility index (Phi) is 7.00. The van der Waals surface area contributed by atoms with E-state index in [2.05, 4.69) is 5.32 Å². The predicted molar refractivity (Wildman–Crippen MR) is 111 cm³/mol. The molecule has 1 N–H and O–H groups in total. The zero-order chi connectivity index (χ0) is 20.5. The van der Waals surface area contributed by atoms with Gasteiger partial charge in [0, 0.05) is 6.54 Å². The van der Waals surface area contributed by atoms with Gasteiger partial charge in [-0.1, -0.05) is 55.5 Å². The highest BCUT2D eigenvalue weighted by atomic mass is 16.5. The van der Waals surface area contributed by atoms with Gasteiger partial charge in [-0.05, 0) is 47.9 Å². The molecule has 0 aliphatic carbocycles. The molecule has 0 heterocycles. The number of hydrogen-bond acceptors (Lipinski definition) is 4. The number of amides is 1. The van der Waals surface area contributed by atoms with Crippen LogP contribution < -0.4 is 10.1 Å². The summed E-state index contributed by atoms with van der Waals surface area (Å²) in [6, 6.07) is 25.9. The Morgan fingerprint density at radius 1 is 0.828 bits per heavy atom. The second-order valence-corrected chi connectivity index (χ2v) is 6.63. The molecule has 5 nitrogen and oxygen atoms in total. The lowest BCUT2D eigenvalue weighted by Gasteiger charge is -2.13. The van der Waals surface area contributed by atoms with E-state index >= 15 is 0 Å². The number of benzene rings is 3. The highest BCUT2D eigenvalue weighted by molar-refractivity contribution is 5.91. The van der Waals surface area contributed by atoms with Crippen LogP contribution in [0.25, 0.3) is 0 Å². The van der Waals surface area contributed by atoms with Crippen molar-refractivity contribution < 1.29 is 19.1 Å². The van der Waals surface area contributed by atoms with Crippen LogP contribution in [0.15, 0.2) is 84.9 Å². The van der Waals surface area contributed by atoms with Gasteiger partial charge in [-0.2, -0.15) is 0 Å². The molecule has 3 rings (SSSR count). The van der Waals surface area contributed by atoms with E-state index in [0.717, 1.165) is 5.56 Å². The third-order valence-electron chi connectivity index (χ3n) is 4.38. The molecule has 1 amide bonds. The van der Waals surface area contributed by atoms with Crippen LogP contribution >= 0.6 is 0 Å². The van der Waals surface area contributed by atoms with Crippen LogP contribution in [0, 0.1) is 0 Å². The number of ether oxygens (including phenoxy) is 2. The molecule has 0 unspecified atom stereocenters. The molecule has 0 saturated heterocycles. The summed E-state index contributed by atoms with van der Waals surface area (Å²) in [7, 11) is 0. The molecular formula is C24H23NO4. The number of esters is 1. The van der Waals surface area contributed by atoms with E-state index in [1.165, 1.54) is 0 Å². The Hall–Kier alpha value is -3.60. The number of rotatable bonds is 8. The molecule has 0 radical (unpaired) electrons. The summed E-state index contributed by atoms with van der Waals surface area (Å²) in [5.74, 6) is 0.616. The summed E-state index contributed by atoms with van der Waals surface area (Å²) in [5, 5.41) is 2.79. The number of para-hydroxylation sites is 1. The minimum absolute atomic E-state index is 0.174. The van der Waals surface area contributed by atoms with Gasteiger partial charge in [-0.15, -0.1) is 0 Å². The van der Waals surface area contributed by atoms with Crippen molar-refractivity contribution in [2.45, 2.75) is 12.8 Å². The average Bonchev–Trinajstić information content (AvgIpc) is 2.77. The monoisotopic (exact) mass is 389 g/mol. The van der Waals surface area contributed by atoms with Gasteiger partial charge in [-0.3, -0.25) is 4.79 Å². The molecule has 29 heavy (non-hydrogen) atoms. The molecule has 0 aliphatic heterocycles. The molecule has 0 bridgehead atoms. The molecule has 148 valence electrons. The predicted octanol–water partition coefficient (Wildman–Crippen LogP) is 4.56. The fourth-order valence-corrected chi connectivity index (χ4v) is 2.72. The van der Waals surface area contributed by atoms with Crippen LogP contribution in [0.4, 0.5) is 0 Å². The smallest absolute Gasteiger partial charge is 0.338 e. The molecule has 0 spiro atoms. The molecule has 5 heteroatoms. The fraction of sp³-hybridized carbons (Fsp3) is 0.167. The third kappa shape index (κ3) is 6.21. The highest BCUT2D eigenvalue weighted by Crippen LogP contribution is 2.21. The third-order valence-corrected chi connectivity index (χ3v) is 4.38. The van der Waals surface area contributed by atoms with E-state index in [-0.39, 0.29) is 18.4 Å². The first-order chi connectivity index (χ1) is 14.1.